The number of aromatic nitrogens is 1. The number of ether oxygens (including phenoxy) is 1. The van der Waals surface area contributed by atoms with Gasteiger partial charge in [0.2, 0.25) is 5.89 Å². The Kier molecular flexibility index (Phi) is 4.96. The van der Waals surface area contributed by atoms with Crippen LogP contribution in [-0.2, 0) is 17.8 Å². The molecule has 0 aliphatic rings. The van der Waals surface area contributed by atoms with Crippen LogP contribution in [0.25, 0.3) is 0 Å². The lowest BCUT2D eigenvalue weighted by atomic mass is 10.0. The zero-order valence-corrected chi connectivity index (χ0v) is 10.6. The number of hydrogen-bond acceptors (Lipinski definition) is 4. The van der Waals surface area contributed by atoms with Crippen LogP contribution in [0.2, 0.25) is 0 Å². The van der Waals surface area contributed by atoms with E-state index in [1.807, 2.05) is 0 Å². The Morgan fingerprint density at radius 1 is 1.44 bits per heavy atom. The lowest BCUT2D eigenvalue weighted by Gasteiger charge is -2.09. The monoisotopic (exact) mass is 226 g/mol. The van der Waals surface area contributed by atoms with E-state index in [1.54, 1.807) is 7.11 Å². The van der Waals surface area contributed by atoms with Crippen molar-refractivity contribution >= 4 is 0 Å². The molecule has 1 aromatic rings. The second-order valence-corrected chi connectivity index (χ2v) is 4.44. The fraction of sp³-hybridized carbons (Fsp3) is 0.750. The molecule has 1 heterocycles. The molecule has 0 spiro atoms. The molecule has 0 aromatic carbocycles. The molecular formula is C12H22N2O2. The van der Waals surface area contributed by atoms with Crippen LogP contribution in [0.3, 0.4) is 0 Å². The number of hydrogen-bond donors (Lipinski definition) is 1. The van der Waals surface area contributed by atoms with E-state index < -0.39 is 0 Å². The van der Waals surface area contributed by atoms with Crippen LogP contribution in [0, 0.1) is 5.92 Å². The van der Waals surface area contributed by atoms with Crippen molar-refractivity contribution in [2.24, 2.45) is 11.7 Å². The van der Waals surface area contributed by atoms with E-state index in [0.717, 1.165) is 24.3 Å². The molecule has 2 N–H and O–H groups in total. The maximum atomic E-state index is 6.03. The summed E-state index contributed by atoms with van der Waals surface area (Å²) in [5.74, 6) is 1.98. The van der Waals surface area contributed by atoms with Gasteiger partial charge < -0.3 is 14.9 Å². The van der Waals surface area contributed by atoms with Gasteiger partial charge in [0.25, 0.3) is 0 Å². The molecule has 1 aromatic heterocycles. The third-order valence-corrected chi connectivity index (χ3v) is 2.45. The quantitative estimate of drug-likeness (QED) is 0.809. The Morgan fingerprint density at radius 2 is 2.12 bits per heavy atom. The van der Waals surface area contributed by atoms with Crippen LogP contribution < -0.4 is 5.73 Å². The second-order valence-electron chi connectivity index (χ2n) is 4.44. The molecule has 1 atom stereocenters. The summed E-state index contributed by atoms with van der Waals surface area (Å²) in [6.45, 7) is 6.79. The molecule has 4 nitrogen and oxygen atoms in total. The van der Waals surface area contributed by atoms with Gasteiger partial charge in [0.15, 0.2) is 5.76 Å². The summed E-state index contributed by atoms with van der Waals surface area (Å²) < 4.78 is 10.7. The van der Waals surface area contributed by atoms with E-state index in [-0.39, 0.29) is 6.04 Å². The third-order valence-electron chi connectivity index (χ3n) is 2.45. The van der Waals surface area contributed by atoms with Crippen molar-refractivity contribution in [3.05, 3.63) is 17.3 Å². The standard InChI is InChI=1S/C12H22N2O2/c1-5-10-11(7-15-4)16-12(14-10)9(13)6-8(2)3/h8-9H,5-7,13H2,1-4H3. The average Bonchev–Trinajstić information content (AvgIpc) is 2.61. The smallest absolute Gasteiger partial charge is 0.211 e. The summed E-state index contributed by atoms with van der Waals surface area (Å²) in [5, 5.41) is 0. The molecule has 0 radical (unpaired) electrons. The van der Waals surface area contributed by atoms with Crippen molar-refractivity contribution in [2.75, 3.05) is 7.11 Å². The van der Waals surface area contributed by atoms with E-state index in [2.05, 4.69) is 25.8 Å². The lowest BCUT2D eigenvalue weighted by molar-refractivity contribution is 0.160. The summed E-state index contributed by atoms with van der Waals surface area (Å²) in [4.78, 5) is 4.43. The second kappa shape index (κ2) is 6.01. The molecule has 92 valence electrons. The molecule has 16 heavy (non-hydrogen) atoms. The molecule has 1 unspecified atom stereocenters. The highest BCUT2D eigenvalue weighted by atomic mass is 16.5. The van der Waals surface area contributed by atoms with Gasteiger partial charge in [-0.15, -0.1) is 0 Å². The fourth-order valence-corrected chi connectivity index (χ4v) is 1.69. The predicted molar refractivity (Wildman–Crippen MR) is 63.0 cm³/mol. The van der Waals surface area contributed by atoms with E-state index >= 15 is 0 Å². The largest absolute Gasteiger partial charge is 0.441 e. The number of nitrogens with two attached hydrogens (primary N) is 1. The normalized spacial score (nSPS) is 13.4. The molecule has 0 fully saturated rings. The van der Waals surface area contributed by atoms with E-state index in [1.165, 1.54) is 0 Å². The van der Waals surface area contributed by atoms with Gasteiger partial charge >= 0.3 is 0 Å². The minimum absolute atomic E-state index is 0.115. The molecule has 0 saturated carbocycles. The van der Waals surface area contributed by atoms with E-state index in [4.69, 9.17) is 14.9 Å². The number of methoxy groups -OCH3 is 1. The van der Waals surface area contributed by atoms with Crippen molar-refractivity contribution in [3.63, 3.8) is 0 Å². The van der Waals surface area contributed by atoms with E-state index in [9.17, 15) is 0 Å². The van der Waals surface area contributed by atoms with Gasteiger partial charge in [-0.25, -0.2) is 4.98 Å². The van der Waals surface area contributed by atoms with E-state index in [0.29, 0.717) is 18.4 Å². The predicted octanol–water partition coefficient (Wildman–Crippen LogP) is 2.43. The zero-order chi connectivity index (χ0) is 12.1. The topological polar surface area (TPSA) is 61.3 Å². The van der Waals surface area contributed by atoms with Gasteiger partial charge in [-0.1, -0.05) is 20.8 Å². The Morgan fingerprint density at radius 3 is 2.62 bits per heavy atom. The average molecular weight is 226 g/mol. The molecule has 4 heteroatoms. The fourth-order valence-electron chi connectivity index (χ4n) is 1.69. The van der Waals surface area contributed by atoms with Crippen LogP contribution in [0.4, 0.5) is 0 Å². The highest BCUT2D eigenvalue weighted by Gasteiger charge is 2.18. The Balaban J connectivity index is 2.80. The summed E-state index contributed by atoms with van der Waals surface area (Å²) in [5.41, 5.74) is 6.99. The van der Waals surface area contributed by atoms with Crippen LogP contribution in [0.1, 0.15) is 50.6 Å². The molecule has 0 amide bonds. The van der Waals surface area contributed by atoms with Gasteiger partial charge in [-0.05, 0) is 18.8 Å². The van der Waals surface area contributed by atoms with Crippen molar-refractivity contribution in [2.45, 2.75) is 46.3 Å². The van der Waals surface area contributed by atoms with Crippen LogP contribution >= 0.6 is 0 Å². The minimum atomic E-state index is -0.115. The van der Waals surface area contributed by atoms with Gasteiger partial charge in [0.05, 0.1) is 11.7 Å². The first kappa shape index (κ1) is 13.2. The zero-order valence-electron chi connectivity index (χ0n) is 10.6. The number of aryl methyl sites for hydroxylation is 1. The SMILES string of the molecule is CCc1nc(C(N)CC(C)C)oc1COC. The molecule has 0 aliphatic carbocycles. The molecule has 0 aliphatic heterocycles. The highest BCUT2D eigenvalue weighted by molar-refractivity contribution is 5.10. The van der Waals surface area contributed by atoms with Crippen molar-refractivity contribution in [1.29, 1.82) is 0 Å². The summed E-state index contributed by atoms with van der Waals surface area (Å²) in [7, 11) is 1.65. The Hall–Kier alpha value is -0.870. The maximum Gasteiger partial charge on any atom is 0.211 e. The first-order valence-electron chi connectivity index (χ1n) is 5.81. The first-order valence-corrected chi connectivity index (χ1v) is 5.81. The van der Waals surface area contributed by atoms with Gasteiger partial charge in [-0.2, -0.15) is 0 Å². The Bertz CT molecular complexity index is 321. The summed E-state index contributed by atoms with van der Waals surface area (Å²) in [6.07, 6.45) is 1.73. The van der Waals surface area contributed by atoms with Gasteiger partial charge in [0, 0.05) is 7.11 Å². The highest BCUT2D eigenvalue weighted by Crippen LogP contribution is 2.21. The minimum Gasteiger partial charge on any atom is -0.441 e. The molecular weight excluding hydrogens is 204 g/mol. The number of oxazole rings is 1. The van der Waals surface area contributed by atoms with Crippen molar-refractivity contribution in [1.82, 2.24) is 4.98 Å². The van der Waals surface area contributed by atoms with Gasteiger partial charge in [-0.3, -0.25) is 0 Å². The first-order chi connectivity index (χ1) is 7.58. The number of rotatable bonds is 6. The molecule has 0 saturated heterocycles. The third kappa shape index (κ3) is 3.32. The molecule has 1 rings (SSSR count). The lowest BCUT2D eigenvalue weighted by Crippen LogP contribution is -2.13. The summed E-state index contributed by atoms with van der Waals surface area (Å²) in [6, 6.07) is -0.115. The number of nitrogens with zero attached hydrogens (tertiary/aromatic N) is 1. The Labute approximate surface area is 97.2 Å². The van der Waals surface area contributed by atoms with Crippen LogP contribution in [0.5, 0.6) is 0 Å². The van der Waals surface area contributed by atoms with Crippen LogP contribution in [0.15, 0.2) is 4.42 Å². The maximum absolute atomic E-state index is 6.03. The van der Waals surface area contributed by atoms with Crippen LogP contribution in [-0.4, -0.2) is 12.1 Å². The van der Waals surface area contributed by atoms with Crippen molar-refractivity contribution < 1.29 is 9.15 Å². The van der Waals surface area contributed by atoms with Crippen molar-refractivity contribution in [3.8, 4) is 0 Å². The summed E-state index contributed by atoms with van der Waals surface area (Å²) >= 11 is 0. The van der Waals surface area contributed by atoms with Gasteiger partial charge in [0.1, 0.15) is 6.61 Å². The molecule has 0 bridgehead atoms.